The number of amides is 1. The van der Waals surface area contributed by atoms with E-state index < -0.39 is 9.84 Å². The van der Waals surface area contributed by atoms with Crippen LogP contribution in [-0.4, -0.2) is 30.5 Å². The molecular weight excluding hydrogens is 461 g/mol. The van der Waals surface area contributed by atoms with Crippen molar-refractivity contribution in [3.8, 4) is 32.3 Å². The molecule has 0 radical (unpaired) electrons. The van der Waals surface area contributed by atoms with E-state index >= 15 is 0 Å². The van der Waals surface area contributed by atoms with Crippen molar-refractivity contribution in [3.63, 3.8) is 0 Å². The number of carbonyl (C=O) groups is 1. The molecule has 168 valence electrons. The molecule has 0 saturated heterocycles. The summed E-state index contributed by atoms with van der Waals surface area (Å²) in [6, 6.07) is 16.2. The van der Waals surface area contributed by atoms with Crippen LogP contribution in [-0.2, 0) is 14.6 Å². The van der Waals surface area contributed by atoms with Gasteiger partial charge in [-0.25, -0.2) is 22.8 Å². The van der Waals surface area contributed by atoms with Crippen molar-refractivity contribution < 1.29 is 17.6 Å². The number of nitrogens with one attached hydrogen (secondary N) is 1. The molecule has 0 atom stereocenters. The van der Waals surface area contributed by atoms with Crippen molar-refractivity contribution in [2.45, 2.75) is 18.2 Å². The number of anilines is 1. The predicted octanol–water partition coefficient (Wildman–Crippen LogP) is 5.43. The second-order valence-corrected chi connectivity index (χ2v) is 10.3. The highest BCUT2D eigenvalue weighted by molar-refractivity contribution is 7.90. The SMILES string of the molecule is CCC(=O)Nc1cc(-c2sc(-c3ccc(S(C)(=O)=O)cc3)nc2-c2ccc(F)cc2)ccn1. The summed E-state index contributed by atoms with van der Waals surface area (Å²) in [7, 11) is -3.31. The van der Waals surface area contributed by atoms with Crippen LogP contribution in [0.25, 0.3) is 32.3 Å². The number of rotatable bonds is 6. The van der Waals surface area contributed by atoms with Gasteiger partial charge in [0.1, 0.15) is 16.6 Å². The summed E-state index contributed by atoms with van der Waals surface area (Å²) in [6.45, 7) is 1.76. The van der Waals surface area contributed by atoms with Crippen molar-refractivity contribution in [3.05, 3.63) is 72.7 Å². The van der Waals surface area contributed by atoms with Crippen molar-refractivity contribution in [2.24, 2.45) is 0 Å². The molecule has 1 N–H and O–H groups in total. The van der Waals surface area contributed by atoms with Gasteiger partial charge < -0.3 is 5.32 Å². The van der Waals surface area contributed by atoms with Crippen molar-refractivity contribution in [2.75, 3.05) is 11.6 Å². The highest BCUT2D eigenvalue weighted by atomic mass is 32.2. The average Bonchev–Trinajstić information content (AvgIpc) is 3.25. The molecule has 0 aliphatic rings. The minimum absolute atomic E-state index is 0.144. The van der Waals surface area contributed by atoms with Crippen LogP contribution < -0.4 is 5.32 Å². The Hall–Kier alpha value is -3.43. The standard InChI is InChI=1S/C24H20FN3O3S2/c1-3-21(29)27-20-14-17(12-13-26-20)23-22(15-4-8-18(25)9-5-15)28-24(32-23)16-6-10-19(11-7-16)33(2,30)31/h4-14H,3H2,1-2H3,(H,26,27,29). The number of halogens is 1. The first-order valence-corrected chi connectivity index (χ1v) is 12.8. The summed E-state index contributed by atoms with van der Waals surface area (Å²) in [5, 5.41) is 3.44. The molecule has 0 saturated carbocycles. The van der Waals surface area contributed by atoms with Gasteiger partial charge in [0.25, 0.3) is 0 Å². The van der Waals surface area contributed by atoms with Crippen LogP contribution in [0.4, 0.5) is 10.2 Å². The number of sulfone groups is 1. The van der Waals surface area contributed by atoms with Gasteiger partial charge in [0.2, 0.25) is 5.91 Å². The number of carbonyl (C=O) groups excluding carboxylic acids is 1. The topological polar surface area (TPSA) is 89.0 Å². The van der Waals surface area contributed by atoms with E-state index in [9.17, 15) is 17.6 Å². The fourth-order valence-corrected chi connectivity index (χ4v) is 4.88. The third-order valence-corrected chi connectivity index (χ3v) is 7.17. The first-order chi connectivity index (χ1) is 15.7. The molecule has 1 amide bonds. The number of hydrogen-bond donors (Lipinski definition) is 1. The molecule has 0 unspecified atom stereocenters. The quantitative estimate of drug-likeness (QED) is 0.397. The lowest BCUT2D eigenvalue weighted by molar-refractivity contribution is -0.115. The Morgan fingerprint density at radius 1 is 1.00 bits per heavy atom. The van der Waals surface area contributed by atoms with Gasteiger partial charge in [0, 0.05) is 30.0 Å². The fourth-order valence-electron chi connectivity index (χ4n) is 3.16. The van der Waals surface area contributed by atoms with E-state index in [-0.39, 0.29) is 16.6 Å². The molecule has 0 bridgehead atoms. The number of benzene rings is 2. The largest absolute Gasteiger partial charge is 0.311 e. The number of aromatic nitrogens is 2. The van der Waals surface area contributed by atoms with Crippen molar-refractivity contribution in [1.82, 2.24) is 9.97 Å². The molecule has 4 rings (SSSR count). The maximum absolute atomic E-state index is 13.5. The van der Waals surface area contributed by atoms with Gasteiger partial charge in [-0.1, -0.05) is 19.1 Å². The molecule has 0 aliphatic heterocycles. The number of pyridine rings is 1. The Balaban J connectivity index is 1.82. The van der Waals surface area contributed by atoms with Crippen molar-refractivity contribution >= 4 is 32.9 Å². The third-order valence-electron chi connectivity index (χ3n) is 4.88. The zero-order valence-corrected chi connectivity index (χ0v) is 19.5. The summed E-state index contributed by atoms with van der Waals surface area (Å²) in [6.07, 6.45) is 3.10. The van der Waals surface area contributed by atoms with Gasteiger partial charge in [-0.2, -0.15) is 0 Å². The molecule has 6 nitrogen and oxygen atoms in total. The lowest BCUT2D eigenvalue weighted by Crippen LogP contribution is -2.10. The minimum Gasteiger partial charge on any atom is -0.311 e. The number of thiazole rings is 1. The zero-order chi connectivity index (χ0) is 23.6. The Bertz CT molecular complexity index is 1410. The molecule has 9 heteroatoms. The lowest BCUT2D eigenvalue weighted by Gasteiger charge is -2.06. The van der Waals surface area contributed by atoms with Gasteiger partial charge in [-0.15, -0.1) is 11.3 Å². The van der Waals surface area contributed by atoms with E-state index in [0.29, 0.717) is 22.9 Å². The minimum atomic E-state index is -3.31. The van der Waals surface area contributed by atoms with E-state index in [4.69, 9.17) is 4.98 Å². The molecule has 0 aliphatic carbocycles. The highest BCUT2D eigenvalue weighted by Gasteiger charge is 2.18. The summed E-state index contributed by atoms with van der Waals surface area (Å²) in [5.41, 5.74) is 2.95. The average molecular weight is 482 g/mol. The molecule has 2 aromatic carbocycles. The molecule has 2 heterocycles. The van der Waals surface area contributed by atoms with Gasteiger partial charge >= 0.3 is 0 Å². The third kappa shape index (κ3) is 5.15. The number of nitrogens with zero attached hydrogens (tertiary/aromatic N) is 2. The summed E-state index contributed by atoms with van der Waals surface area (Å²) < 4.78 is 37.1. The van der Waals surface area contributed by atoms with Gasteiger partial charge in [-0.3, -0.25) is 4.79 Å². The maximum Gasteiger partial charge on any atom is 0.225 e. The Morgan fingerprint density at radius 2 is 1.67 bits per heavy atom. The van der Waals surface area contributed by atoms with E-state index in [1.807, 2.05) is 6.07 Å². The van der Waals surface area contributed by atoms with Crippen LogP contribution in [0.5, 0.6) is 0 Å². The second kappa shape index (κ2) is 9.21. The van der Waals surface area contributed by atoms with Crippen LogP contribution >= 0.6 is 11.3 Å². The zero-order valence-electron chi connectivity index (χ0n) is 17.9. The predicted molar refractivity (Wildman–Crippen MR) is 128 cm³/mol. The molecule has 4 aromatic rings. The molecule has 0 fully saturated rings. The second-order valence-electron chi connectivity index (χ2n) is 7.33. The van der Waals surface area contributed by atoms with Crippen LogP contribution in [0.15, 0.2) is 71.8 Å². The lowest BCUT2D eigenvalue weighted by atomic mass is 10.1. The summed E-state index contributed by atoms with van der Waals surface area (Å²) in [5.74, 6) is -0.0631. The molecular formula is C24H20FN3O3S2. The van der Waals surface area contributed by atoms with Crippen molar-refractivity contribution in [1.29, 1.82) is 0 Å². The Labute approximate surface area is 195 Å². The monoisotopic (exact) mass is 481 g/mol. The van der Waals surface area contributed by atoms with E-state index in [0.717, 1.165) is 27.8 Å². The molecule has 33 heavy (non-hydrogen) atoms. The fraction of sp³-hybridized carbons (Fsp3) is 0.125. The Kier molecular flexibility index (Phi) is 6.35. The van der Waals surface area contributed by atoms with E-state index in [1.165, 1.54) is 23.5 Å². The summed E-state index contributed by atoms with van der Waals surface area (Å²) in [4.78, 5) is 21.8. The van der Waals surface area contributed by atoms with E-state index in [2.05, 4.69) is 10.3 Å². The first kappa shape index (κ1) is 22.8. The van der Waals surface area contributed by atoms with Crippen LogP contribution in [0, 0.1) is 5.82 Å². The normalized spacial score (nSPS) is 11.4. The van der Waals surface area contributed by atoms with Crippen LogP contribution in [0.1, 0.15) is 13.3 Å². The Morgan fingerprint density at radius 3 is 2.30 bits per heavy atom. The maximum atomic E-state index is 13.5. The first-order valence-electron chi connectivity index (χ1n) is 10.1. The van der Waals surface area contributed by atoms with Gasteiger partial charge in [0.15, 0.2) is 9.84 Å². The van der Waals surface area contributed by atoms with Gasteiger partial charge in [0.05, 0.1) is 15.5 Å². The van der Waals surface area contributed by atoms with Gasteiger partial charge in [-0.05, 0) is 54.1 Å². The highest BCUT2D eigenvalue weighted by Crippen LogP contribution is 2.41. The van der Waals surface area contributed by atoms with Crippen LogP contribution in [0.3, 0.4) is 0 Å². The molecule has 2 aromatic heterocycles. The smallest absolute Gasteiger partial charge is 0.225 e. The summed E-state index contributed by atoms with van der Waals surface area (Å²) >= 11 is 1.42. The van der Waals surface area contributed by atoms with Crippen LogP contribution in [0.2, 0.25) is 0 Å². The van der Waals surface area contributed by atoms with E-state index in [1.54, 1.807) is 55.6 Å². The number of hydrogen-bond acceptors (Lipinski definition) is 6. The molecule has 0 spiro atoms.